The molecule has 1 unspecified atom stereocenters. The molecule has 2 aromatic rings. The van der Waals surface area contributed by atoms with Crippen molar-refractivity contribution in [2.75, 3.05) is 11.9 Å². The molecule has 140 valence electrons. The molecule has 1 heterocycles. The van der Waals surface area contributed by atoms with Crippen molar-refractivity contribution in [2.45, 2.75) is 18.9 Å². The van der Waals surface area contributed by atoms with E-state index in [0.29, 0.717) is 39.8 Å². The van der Waals surface area contributed by atoms with Gasteiger partial charge in [0, 0.05) is 33.4 Å². The van der Waals surface area contributed by atoms with Crippen molar-refractivity contribution < 1.29 is 14.4 Å². The molecule has 0 spiro atoms. The summed E-state index contributed by atoms with van der Waals surface area (Å²) in [6.45, 7) is 0.477. The number of carbonyl (C=O) groups excluding carboxylic acids is 3. The van der Waals surface area contributed by atoms with Gasteiger partial charge in [0.05, 0.1) is 0 Å². The van der Waals surface area contributed by atoms with Gasteiger partial charge in [-0.25, -0.2) is 0 Å². The first-order chi connectivity index (χ1) is 12.8. The highest BCUT2D eigenvalue weighted by molar-refractivity contribution is 6.35. The molecule has 0 saturated carbocycles. The smallest absolute Gasteiger partial charge is 0.254 e. The number of likely N-dealkylation sites (tertiary alicyclic amines) is 1. The first-order valence-electron chi connectivity index (χ1n) is 8.33. The Labute approximate surface area is 166 Å². The van der Waals surface area contributed by atoms with Crippen molar-refractivity contribution in [3.63, 3.8) is 0 Å². The summed E-state index contributed by atoms with van der Waals surface area (Å²) in [5, 5.41) is 3.58. The third-order valence-corrected chi connectivity index (χ3v) is 4.80. The molecular weight excluding hydrogens is 389 g/mol. The molecule has 1 aliphatic heterocycles. The summed E-state index contributed by atoms with van der Waals surface area (Å²) in [6, 6.07) is 10.2. The van der Waals surface area contributed by atoms with Crippen LogP contribution in [0.2, 0.25) is 10.0 Å². The third kappa shape index (κ3) is 4.40. The van der Waals surface area contributed by atoms with Crippen molar-refractivity contribution in [3.05, 3.63) is 63.6 Å². The Hall–Kier alpha value is -2.57. The maximum absolute atomic E-state index is 12.8. The van der Waals surface area contributed by atoms with Crippen LogP contribution in [-0.4, -0.2) is 35.2 Å². The van der Waals surface area contributed by atoms with Gasteiger partial charge in [-0.2, -0.15) is 0 Å². The van der Waals surface area contributed by atoms with E-state index in [1.807, 2.05) is 0 Å². The minimum atomic E-state index is -0.592. The Morgan fingerprint density at radius 2 is 1.59 bits per heavy atom. The minimum Gasteiger partial charge on any atom is -0.366 e. The summed E-state index contributed by atoms with van der Waals surface area (Å²) >= 11 is 11.9. The zero-order valence-electron chi connectivity index (χ0n) is 14.2. The van der Waals surface area contributed by atoms with E-state index in [9.17, 15) is 14.4 Å². The monoisotopic (exact) mass is 405 g/mol. The Kier molecular flexibility index (Phi) is 5.68. The van der Waals surface area contributed by atoms with Crippen molar-refractivity contribution in [2.24, 2.45) is 5.73 Å². The average molecular weight is 406 g/mol. The maximum Gasteiger partial charge on any atom is 0.254 e. The van der Waals surface area contributed by atoms with E-state index in [1.165, 1.54) is 29.2 Å². The van der Waals surface area contributed by atoms with E-state index < -0.39 is 11.9 Å². The molecule has 1 aliphatic rings. The zero-order valence-corrected chi connectivity index (χ0v) is 15.8. The summed E-state index contributed by atoms with van der Waals surface area (Å²) in [7, 11) is 0. The van der Waals surface area contributed by atoms with E-state index in [4.69, 9.17) is 28.9 Å². The number of nitrogens with zero attached hydrogens (tertiary/aromatic N) is 1. The molecule has 8 heteroatoms. The molecule has 0 aliphatic carbocycles. The van der Waals surface area contributed by atoms with Gasteiger partial charge in [-0.15, -0.1) is 0 Å². The van der Waals surface area contributed by atoms with Crippen LogP contribution in [0, 0.1) is 0 Å². The summed E-state index contributed by atoms with van der Waals surface area (Å²) in [4.78, 5) is 38.2. The van der Waals surface area contributed by atoms with Crippen LogP contribution in [0.4, 0.5) is 5.69 Å². The molecule has 6 nitrogen and oxygen atoms in total. The van der Waals surface area contributed by atoms with Gasteiger partial charge in [-0.05, 0) is 55.3 Å². The Morgan fingerprint density at radius 3 is 2.19 bits per heavy atom. The van der Waals surface area contributed by atoms with Gasteiger partial charge >= 0.3 is 0 Å². The number of amides is 3. The maximum atomic E-state index is 12.8. The summed E-state index contributed by atoms with van der Waals surface area (Å²) in [6.07, 6.45) is 1.28. The molecule has 1 atom stereocenters. The Balaban J connectivity index is 1.74. The second kappa shape index (κ2) is 7.98. The highest BCUT2D eigenvalue weighted by Gasteiger charge is 2.34. The van der Waals surface area contributed by atoms with Gasteiger partial charge < -0.3 is 16.0 Å². The predicted octanol–water partition coefficient (Wildman–Crippen LogP) is 3.34. The molecule has 2 aromatic carbocycles. The minimum absolute atomic E-state index is 0.271. The average Bonchev–Trinajstić information content (AvgIpc) is 3.10. The second-order valence-corrected chi connectivity index (χ2v) is 7.12. The molecule has 3 N–H and O–H groups in total. The van der Waals surface area contributed by atoms with Gasteiger partial charge in [0.15, 0.2) is 0 Å². The van der Waals surface area contributed by atoms with Gasteiger partial charge in [0.2, 0.25) is 11.8 Å². The van der Waals surface area contributed by atoms with Crippen LogP contribution in [-0.2, 0) is 4.79 Å². The summed E-state index contributed by atoms with van der Waals surface area (Å²) < 4.78 is 0. The molecule has 1 saturated heterocycles. The molecule has 1 fully saturated rings. The fourth-order valence-corrected chi connectivity index (χ4v) is 3.60. The lowest BCUT2D eigenvalue weighted by Crippen LogP contribution is -2.43. The molecule has 0 bridgehead atoms. The normalized spacial score (nSPS) is 16.2. The van der Waals surface area contributed by atoms with Crippen molar-refractivity contribution in [1.82, 2.24) is 4.90 Å². The second-order valence-electron chi connectivity index (χ2n) is 6.25. The van der Waals surface area contributed by atoms with Crippen molar-refractivity contribution >= 4 is 46.6 Å². The number of carbonyl (C=O) groups is 3. The van der Waals surface area contributed by atoms with E-state index in [-0.39, 0.29) is 11.8 Å². The third-order valence-electron chi connectivity index (χ3n) is 4.36. The van der Waals surface area contributed by atoms with Crippen molar-refractivity contribution in [1.29, 1.82) is 0 Å². The molecule has 0 aromatic heterocycles. The van der Waals surface area contributed by atoms with E-state index >= 15 is 0 Å². The van der Waals surface area contributed by atoms with Crippen LogP contribution in [0.1, 0.15) is 33.6 Å². The Bertz CT molecular complexity index is 879. The SMILES string of the molecule is NC(=O)c1ccc(C(=O)N2CCCC2C(=O)Nc2cc(Cl)cc(Cl)c2)cc1. The van der Waals surface area contributed by atoms with Crippen LogP contribution in [0.5, 0.6) is 0 Å². The lowest BCUT2D eigenvalue weighted by atomic mass is 10.1. The molecule has 3 rings (SSSR count). The fraction of sp³-hybridized carbons (Fsp3) is 0.211. The lowest BCUT2D eigenvalue weighted by Gasteiger charge is -2.24. The number of anilines is 1. The quantitative estimate of drug-likeness (QED) is 0.816. The number of nitrogens with one attached hydrogen (secondary N) is 1. The highest BCUT2D eigenvalue weighted by atomic mass is 35.5. The highest BCUT2D eigenvalue weighted by Crippen LogP contribution is 2.25. The van der Waals surface area contributed by atoms with Crippen LogP contribution < -0.4 is 11.1 Å². The number of benzene rings is 2. The van der Waals surface area contributed by atoms with Crippen molar-refractivity contribution in [3.8, 4) is 0 Å². The fourth-order valence-electron chi connectivity index (χ4n) is 3.08. The Morgan fingerprint density at radius 1 is 1.00 bits per heavy atom. The molecule has 3 amide bonds. The summed E-state index contributed by atoms with van der Waals surface area (Å²) in [5.41, 5.74) is 6.40. The molecule has 27 heavy (non-hydrogen) atoms. The summed E-state index contributed by atoms with van der Waals surface area (Å²) in [5.74, 6) is -1.13. The van der Waals surface area contributed by atoms with Gasteiger partial charge in [0.1, 0.15) is 6.04 Å². The first-order valence-corrected chi connectivity index (χ1v) is 9.08. The van der Waals surface area contributed by atoms with Gasteiger partial charge in [-0.1, -0.05) is 23.2 Å². The van der Waals surface area contributed by atoms with Crippen LogP contribution in [0.25, 0.3) is 0 Å². The van der Waals surface area contributed by atoms with E-state index in [2.05, 4.69) is 5.32 Å². The molecular formula is C19H17Cl2N3O3. The van der Waals surface area contributed by atoms with Gasteiger partial charge in [0.25, 0.3) is 5.91 Å². The number of hydrogen-bond donors (Lipinski definition) is 2. The number of hydrogen-bond acceptors (Lipinski definition) is 3. The first kappa shape index (κ1) is 19.2. The van der Waals surface area contributed by atoms with Crippen LogP contribution in [0.3, 0.4) is 0 Å². The lowest BCUT2D eigenvalue weighted by molar-refractivity contribution is -0.119. The zero-order chi connectivity index (χ0) is 19.6. The number of primary amides is 1. The number of halogens is 2. The number of rotatable bonds is 4. The predicted molar refractivity (Wildman–Crippen MR) is 104 cm³/mol. The topological polar surface area (TPSA) is 92.5 Å². The number of nitrogens with two attached hydrogens (primary N) is 1. The van der Waals surface area contributed by atoms with Crippen LogP contribution >= 0.6 is 23.2 Å². The van der Waals surface area contributed by atoms with E-state index in [0.717, 1.165) is 6.42 Å². The largest absolute Gasteiger partial charge is 0.366 e. The molecule has 0 radical (unpaired) electrons. The van der Waals surface area contributed by atoms with Crippen LogP contribution in [0.15, 0.2) is 42.5 Å². The standard InChI is InChI=1S/C19H17Cl2N3O3/c20-13-8-14(21)10-15(9-13)23-18(26)16-2-1-7-24(16)19(27)12-5-3-11(4-6-12)17(22)25/h3-6,8-10,16H,1-2,7H2,(H2,22,25)(H,23,26). The van der Waals surface area contributed by atoms with Gasteiger partial charge in [-0.3, -0.25) is 14.4 Å². The van der Waals surface area contributed by atoms with E-state index in [1.54, 1.807) is 18.2 Å².